The first-order valence-corrected chi connectivity index (χ1v) is 10.8. The molecule has 0 amide bonds. The van der Waals surface area contributed by atoms with Gasteiger partial charge in [-0.1, -0.05) is 23.7 Å². The van der Waals surface area contributed by atoms with E-state index in [1.807, 2.05) is 24.3 Å². The molecule has 1 N–H and O–H groups in total. The number of carboxylic acids is 1. The number of methoxy groups -OCH3 is 1. The number of hydrogen-bond acceptors (Lipinski definition) is 4. The Balaban J connectivity index is 1.21. The summed E-state index contributed by atoms with van der Waals surface area (Å²) >= 11 is 6.31. The largest absolute Gasteiger partial charge is 0.496 e. The molecule has 30 heavy (non-hydrogen) atoms. The van der Waals surface area contributed by atoms with Gasteiger partial charge in [-0.05, 0) is 61.1 Å². The van der Waals surface area contributed by atoms with Crippen molar-refractivity contribution in [2.24, 2.45) is 10.8 Å². The Hall–Kier alpha value is -2.24. The van der Waals surface area contributed by atoms with Gasteiger partial charge in [0.1, 0.15) is 18.1 Å². The van der Waals surface area contributed by atoms with Gasteiger partial charge in [-0.3, -0.25) is 4.79 Å². The quantitative estimate of drug-likeness (QED) is 0.717. The second-order valence-electron chi connectivity index (χ2n) is 9.22. The fourth-order valence-electron chi connectivity index (χ4n) is 5.18. The summed E-state index contributed by atoms with van der Waals surface area (Å²) in [6.07, 6.45) is 3.75. The molecule has 0 radical (unpaired) electrons. The third-order valence-corrected chi connectivity index (χ3v) is 7.29. The molecule has 0 aromatic heterocycles. The zero-order chi connectivity index (χ0) is 20.9. The molecule has 2 aliphatic carbocycles. The fourth-order valence-corrected chi connectivity index (χ4v) is 5.40. The van der Waals surface area contributed by atoms with E-state index in [4.69, 9.17) is 21.1 Å². The van der Waals surface area contributed by atoms with Crippen LogP contribution in [0.25, 0.3) is 0 Å². The molecular formula is C24H26ClNO4. The van der Waals surface area contributed by atoms with Crippen LogP contribution in [0, 0.1) is 10.8 Å². The van der Waals surface area contributed by atoms with Crippen molar-refractivity contribution in [3.05, 3.63) is 58.1 Å². The van der Waals surface area contributed by atoms with Crippen molar-refractivity contribution in [2.45, 2.75) is 32.3 Å². The van der Waals surface area contributed by atoms with E-state index < -0.39 is 11.4 Å². The molecule has 0 bridgehead atoms. The average molecular weight is 428 g/mol. The molecule has 2 aromatic carbocycles. The summed E-state index contributed by atoms with van der Waals surface area (Å²) in [4.78, 5) is 13.8. The molecular weight excluding hydrogens is 402 g/mol. The standard InChI is InChI=1S/C24H26ClNO4/c1-29-21-4-2-3-20(25)19(21)12-30-18-6-5-16-10-23(11-17(16)9-18)13-26(14-23)15-24(7-8-24)22(27)28/h2-6,9H,7-8,10-15H2,1H3,(H,27,28). The van der Waals surface area contributed by atoms with E-state index >= 15 is 0 Å². The molecule has 5 nitrogen and oxygen atoms in total. The first kappa shape index (κ1) is 19.7. The van der Waals surface area contributed by atoms with Crippen LogP contribution >= 0.6 is 11.6 Å². The molecule has 2 aromatic rings. The number of hydrogen-bond donors (Lipinski definition) is 1. The van der Waals surface area contributed by atoms with E-state index in [9.17, 15) is 9.90 Å². The highest BCUT2D eigenvalue weighted by Gasteiger charge is 2.55. The van der Waals surface area contributed by atoms with Gasteiger partial charge in [0.15, 0.2) is 0 Å². The number of benzene rings is 2. The first-order chi connectivity index (χ1) is 14.4. The second kappa shape index (κ2) is 7.17. The minimum absolute atomic E-state index is 0.265. The van der Waals surface area contributed by atoms with Gasteiger partial charge < -0.3 is 19.5 Å². The Labute approximate surface area is 181 Å². The van der Waals surface area contributed by atoms with Crippen LogP contribution < -0.4 is 9.47 Å². The van der Waals surface area contributed by atoms with Crippen LogP contribution in [-0.2, 0) is 24.2 Å². The molecule has 5 rings (SSSR count). The number of fused-ring (bicyclic) bond motifs is 1. The maximum atomic E-state index is 11.5. The second-order valence-corrected chi connectivity index (χ2v) is 9.63. The molecule has 1 spiro atoms. The Morgan fingerprint density at radius 2 is 1.93 bits per heavy atom. The molecule has 1 saturated carbocycles. The number of nitrogens with zero attached hydrogens (tertiary/aromatic N) is 1. The third-order valence-electron chi connectivity index (χ3n) is 6.94. The van der Waals surface area contributed by atoms with Crippen LogP contribution in [0.15, 0.2) is 36.4 Å². The van der Waals surface area contributed by atoms with Gasteiger partial charge in [0.25, 0.3) is 0 Å². The molecule has 1 aliphatic heterocycles. The zero-order valence-corrected chi connectivity index (χ0v) is 17.9. The molecule has 0 unspecified atom stereocenters. The van der Waals surface area contributed by atoms with Crippen molar-refractivity contribution in [3.63, 3.8) is 0 Å². The van der Waals surface area contributed by atoms with E-state index in [0.717, 1.165) is 55.8 Å². The Morgan fingerprint density at radius 1 is 1.17 bits per heavy atom. The number of carbonyl (C=O) groups is 1. The SMILES string of the molecule is COc1cccc(Cl)c1COc1ccc2c(c1)CC1(C2)CN(CC2(C(=O)O)CC2)C1. The Kier molecular flexibility index (Phi) is 4.71. The number of halogens is 1. The minimum atomic E-state index is -0.630. The molecule has 3 aliphatic rings. The Morgan fingerprint density at radius 3 is 2.63 bits per heavy atom. The molecule has 158 valence electrons. The van der Waals surface area contributed by atoms with E-state index in [-0.39, 0.29) is 5.41 Å². The highest BCUT2D eigenvalue weighted by atomic mass is 35.5. The van der Waals surface area contributed by atoms with Gasteiger partial charge in [0.05, 0.1) is 17.5 Å². The summed E-state index contributed by atoms with van der Waals surface area (Å²) in [6.45, 7) is 3.04. The van der Waals surface area contributed by atoms with Crippen LogP contribution in [-0.4, -0.2) is 42.7 Å². The van der Waals surface area contributed by atoms with Gasteiger partial charge in [-0.15, -0.1) is 0 Å². The van der Waals surface area contributed by atoms with Crippen LogP contribution in [0.2, 0.25) is 5.02 Å². The summed E-state index contributed by atoms with van der Waals surface area (Å²) in [5.74, 6) is 0.939. The summed E-state index contributed by atoms with van der Waals surface area (Å²) in [5, 5.41) is 10.1. The van der Waals surface area contributed by atoms with Crippen LogP contribution in [0.4, 0.5) is 0 Å². The monoisotopic (exact) mass is 427 g/mol. The molecule has 6 heteroatoms. The number of likely N-dealkylation sites (tertiary alicyclic amines) is 1. The summed E-state index contributed by atoms with van der Waals surface area (Å²) < 4.78 is 11.4. The smallest absolute Gasteiger partial charge is 0.310 e. The van der Waals surface area contributed by atoms with Crippen molar-refractivity contribution in [1.29, 1.82) is 0 Å². The molecule has 1 heterocycles. The van der Waals surface area contributed by atoms with Crippen molar-refractivity contribution in [1.82, 2.24) is 4.90 Å². The topological polar surface area (TPSA) is 59.0 Å². The normalized spacial score (nSPS) is 20.5. The predicted octanol–water partition coefficient (Wildman–Crippen LogP) is 4.19. The van der Waals surface area contributed by atoms with Crippen molar-refractivity contribution in [2.75, 3.05) is 26.7 Å². The minimum Gasteiger partial charge on any atom is -0.496 e. The van der Waals surface area contributed by atoms with Crippen molar-refractivity contribution < 1.29 is 19.4 Å². The summed E-state index contributed by atoms with van der Waals surface area (Å²) in [7, 11) is 1.63. The lowest BCUT2D eigenvalue weighted by molar-refractivity contribution is -0.145. The number of carboxylic acid groups (broad SMARTS) is 1. The van der Waals surface area contributed by atoms with Gasteiger partial charge in [0.2, 0.25) is 0 Å². The van der Waals surface area contributed by atoms with Crippen LogP contribution in [0.5, 0.6) is 11.5 Å². The summed E-state index contributed by atoms with van der Waals surface area (Å²) in [6, 6.07) is 11.9. The van der Waals surface area contributed by atoms with Crippen molar-refractivity contribution >= 4 is 17.6 Å². The van der Waals surface area contributed by atoms with Crippen LogP contribution in [0.1, 0.15) is 29.5 Å². The van der Waals surface area contributed by atoms with Gasteiger partial charge in [-0.2, -0.15) is 0 Å². The summed E-state index contributed by atoms with van der Waals surface area (Å²) in [5.41, 5.74) is 3.38. The molecule has 0 atom stereocenters. The zero-order valence-electron chi connectivity index (χ0n) is 17.1. The van der Waals surface area contributed by atoms with Crippen LogP contribution in [0.3, 0.4) is 0 Å². The van der Waals surface area contributed by atoms with Crippen molar-refractivity contribution in [3.8, 4) is 11.5 Å². The average Bonchev–Trinajstić information content (AvgIpc) is 3.38. The molecule has 2 fully saturated rings. The maximum Gasteiger partial charge on any atom is 0.310 e. The predicted molar refractivity (Wildman–Crippen MR) is 114 cm³/mol. The lowest BCUT2D eigenvalue weighted by Gasteiger charge is -2.49. The molecule has 1 saturated heterocycles. The highest BCUT2D eigenvalue weighted by Crippen LogP contribution is 2.51. The van der Waals surface area contributed by atoms with E-state index in [1.165, 1.54) is 11.1 Å². The van der Waals surface area contributed by atoms with Gasteiger partial charge in [0, 0.05) is 30.6 Å². The number of ether oxygens (including phenoxy) is 2. The number of aliphatic carboxylic acids is 1. The third kappa shape index (κ3) is 3.44. The first-order valence-electron chi connectivity index (χ1n) is 10.4. The number of rotatable bonds is 7. The van der Waals surface area contributed by atoms with E-state index in [2.05, 4.69) is 17.0 Å². The van der Waals surface area contributed by atoms with Gasteiger partial charge >= 0.3 is 5.97 Å². The maximum absolute atomic E-state index is 11.5. The highest BCUT2D eigenvalue weighted by molar-refractivity contribution is 6.31. The lowest BCUT2D eigenvalue weighted by atomic mass is 9.76. The van der Waals surface area contributed by atoms with E-state index in [1.54, 1.807) is 7.11 Å². The van der Waals surface area contributed by atoms with Gasteiger partial charge in [-0.25, -0.2) is 0 Å². The van der Waals surface area contributed by atoms with E-state index in [0.29, 0.717) is 18.2 Å². The lowest BCUT2D eigenvalue weighted by Crippen LogP contribution is -2.58. The fraction of sp³-hybridized carbons (Fsp3) is 0.458. The Bertz CT molecular complexity index is 995.